The summed E-state index contributed by atoms with van der Waals surface area (Å²) in [6.07, 6.45) is 4.74. The molecular formula is C9H16N4O. The Balaban J connectivity index is 2.46. The van der Waals surface area contributed by atoms with Gasteiger partial charge < -0.3 is 10.3 Å². The van der Waals surface area contributed by atoms with Gasteiger partial charge in [0, 0.05) is 24.4 Å². The van der Waals surface area contributed by atoms with Gasteiger partial charge in [-0.1, -0.05) is 0 Å². The third-order valence-corrected chi connectivity index (χ3v) is 1.78. The van der Waals surface area contributed by atoms with Gasteiger partial charge in [0.15, 0.2) is 0 Å². The van der Waals surface area contributed by atoms with Crippen molar-refractivity contribution in [2.75, 3.05) is 0 Å². The summed E-state index contributed by atoms with van der Waals surface area (Å²) in [4.78, 5) is 17.3. The minimum absolute atomic E-state index is 0.0482. The zero-order valence-corrected chi connectivity index (χ0v) is 8.45. The normalized spacial score (nSPS) is 12.8. The van der Waals surface area contributed by atoms with Gasteiger partial charge in [-0.15, -0.1) is 0 Å². The molecule has 1 amide bonds. The molecule has 0 saturated carbocycles. The molecule has 0 radical (unpaired) electrons. The fraction of sp³-hybridized carbons (Fsp3) is 0.556. The van der Waals surface area contributed by atoms with E-state index in [4.69, 9.17) is 0 Å². The molecular weight excluding hydrogens is 180 g/mol. The second-order valence-corrected chi connectivity index (χ2v) is 3.44. The zero-order valence-electron chi connectivity index (χ0n) is 8.45. The van der Waals surface area contributed by atoms with Crippen LogP contribution in [0.4, 0.5) is 0 Å². The Kier molecular flexibility index (Phi) is 4.12. The predicted molar refractivity (Wildman–Crippen MR) is 53.6 cm³/mol. The molecule has 1 aromatic rings. The first-order valence-electron chi connectivity index (χ1n) is 4.65. The van der Waals surface area contributed by atoms with Crippen LogP contribution in [0.2, 0.25) is 0 Å². The molecule has 1 heterocycles. The summed E-state index contributed by atoms with van der Waals surface area (Å²) in [6.45, 7) is 4.07. The Bertz CT molecular complexity index is 258. The van der Waals surface area contributed by atoms with E-state index in [0.29, 0.717) is 18.9 Å². The third-order valence-electron chi connectivity index (χ3n) is 1.78. The fourth-order valence-electron chi connectivity index (χ4n) is 1.27. The number of imidazole rings is 1. The minimum atomic E-state index is -0.0482. The van der Waals surface area contributed by atoms with Crippen molar-refractivity contribution in [2.24, 2.45) is 0 Å². The number of hydrogen-bond acceptors (Lipinski definition) is 3. The maximum Gasteiger partial charge on any atom is 0.208 e. The van der Waals surface area contributed by atoms with Crippen LogP contribution >= 0.6 is 0 Å². The summed E-state index contributed by atoms with van der Waals surface area (Å²) in [5.74, 6) is 0. The number of hydrogen-bond donors (Lipinski definition) is 3. The van der Waals surface area contributed by atoms with Gasteiger partial charge in [0.25, 0.3) is 0 Å². The average Bonchev–Trinajstić information content (AvgIpc) is 2.56. The predicted octanol–water partition coefficient (Wildman–Crippen LogP) is 0.0223. The van der Waals surface area contributed by atoms with Gasteiger partial charge in [0.1, 0.15) is 0 Å². The number of carbonyl (C=O) groups is 1. The average molecular weight is 196 g/mol. The largest absolute Gasteiger partial charge is 0.348 e. The van der Waals surface area contributed by atoms with E-state index < -0.39 is 0 Å². The number of rotatable bonds is 6. The first-order chi connectivity index (χ1) is 6.72. The van der Waals surface area contributed by atoms with Crippen molar-refractivity contribution in [2.45, 2.75) is 32.5 Å². The number of nitrogens with one attached hydrogen (secondary N) is 3. The van der Waals surface area contributed by atoms with E-state index in [-0.39, 0.29) is 6.17 Å². The first-order valence-corrected chi connectivity index (χ1v) is 4.65. The van der Waals surface area contributed by atoms with Gasteiger partial charge in [-0.3, -0.25) is 10.1 Å². The lowest BCUT2D eigenvalue weighted by Crippen LogP contribution is -2.46. The summed E-state index contributed by atoms with van der Waals surface area (Å²) in [5.41, 5.74) is 0.998. The number of amides is 1. The third kappa shape index (κ3) is 3.57. The van der Waals surface area contributed by atoms with Crippen molar-refractivity contribution in [3.63, 3.8) is 0 Å². The second kappa shape index (κ2) is 5.39. The maximum atomic E-state index is 10.3. The molecule has 0 aliphatic rings. The van der Waals surface area contributed by atoms with Crippen LogP contribution in [0.1, 0.15) is 19.5 Å². The Hall–Kier alpha value is -1.36. The van der Waals surface area contributed by atoms with E-state index in [9.17, 15) is 4.79 Å². The van der Waals surface area contributed by atoms with Crippen LogP contribution in [0.15, 0.2) is 12.5 Å². The van der Waals surface area contributed by atoms with Crippen molar-refractivity contribution in [3.8, 4) is 0 Å². The topological polar surface area (TPSA) is 69.8 Å². The first kappa shape index (κ1) is 10.7. The molecule has 0 aliphatic heterocycles. The van der Waals surface area contributed by atoms with Crippen LogP contribution in [0.3, 0.4) is 0 Å². The molecule has 5 nitrogen and oxygen atoms in total. The van der Waals surface area contributed by atoms with Gasteiger partial charge in [0.2, 0.25) is 6.41 Å². The molecule has 1 rings (SSSR count). The molecule has 0 spiro atoms. The van der Waals surface area contributed by atoms with Gasteiger partial charge in [-0.05, 0) is 13.8 Å². The summed E-state index contributed by atoms with van der Waals surface area (Å²) < 4.78 is 0. The van der Waals surface area contributed by atoms with Gasteiger partial charge in [-0.25, -0.2) is 4.98 Å². The number of nitrogens with zero attached hydrogens (tertiary/aromatic N) is 1. The summed E-state index contributed by atoms with van der Waals surface area (Å²) in [6, 6.07) is 0.329. The SMILES string of the molecule is CC(C)N[C@@H](Cc1cnc[nH]1)NC=O. The number of aromatic amines is 1. The van der Waals surface area contributed by atoms with Crippen LogP contribution in [-0.4, -0.2) is 28.6 Å². The molecule has 1 atom stereocenters. The second-order valence-electron chi connectivity index (χ2n) is 3.44. The molecule has 1 aromatic heterocycles. The Morgan fingerprint density at radius 3 is 2.93 bits per heavy atom. The van der Waals surface area contributed by atoms with E-state index in [2.05, 4.69) is 20.6 Å². The molecule has 14 heavy (non-hydrogen) atoms. The molecule has 5 heteroatoms. The Morgan fingerprint density at radius 1 is 1.64 bits per heavy atom. The summed E-state index contributed by atoms with van der Waals surface area (Å²) >= 11 is 0. The molecule has 0 unspecified atom stereocenters. The molecule has 78 valence electrons. The standard InChI is InChI=1S/C9H16N4O/c1-7(2)13-9(12-6-14)3-8-4-10-5-11-8/h4-7,9,13H,3H2,1-2H3,(H,10,11)(H,12,14)/t9-/m0/s1. The van der Waals surface area contributed by atoms with E-state index in [0.717, 1.165) is 5.69 Å². The highest BCUT2D eigenvalue weighted by Crippen LogP contribution is 1.96. The molecule has 3 N–H and O–H groups in total. The Labute approximate surface area is 83.3 Å². The van der Waals surface area contributed by atoms with E-state index >= 15 is 0 Å². The van der Waals surface area contributed by atoms with Crippen molar-refractivity contribution in [3.05, 3.63) is 18.2 Å². The molecule has 0 fully saturated rings. The monoisotopic (exact) mass is 196 g/mol. The fourth-order valence-corrected chi connectivity index (χ4v) is 1.27. The van der Waals surface area contributed by atoms with Crippen LogP contribution in [0, 0.1) is 0 Å². The van der Waals surface area contributed by atoms with Crippen LogP contribution in [0.25, 0.3) is 0 Å². The highest BCUT2D eigenvalue weighted by molar-refractivity contribution is 5.46. The van der Waals surface area contributed by atoms with Gasteiger partial charge in [0.05, 0.1) is 12.5 Å². The molecule has 0 aliphatic carbocycles. The van der Waals surface area contributed by atoms with Crippen LogP contribution in [-0.2, 0) is 11.2 Å². The van der Waals surface area contributed by atoms with E-state index in [1.54, 1.807) is 12.5 Å². The lowest BCUT2D eigenvalue weighted by Gasteiger charge is -2.19. The summed E-state index contributed by atoms with van der Waals surface area (Å²) in [7, 11) is 0. The van der Waals surface area contributed by atoms with Crippen molar-refractivity contribution in [1.29, 1.82) is 0 Å². The number of aromatic nitrogens is 2. The van der Waals surface area contributed by atoms with Gasteiger partial charge >= 0.3 is 0 Å². The molecule has 0 bridgehead atoms. The maximum absolute atomic E-state index is 10.3. The van der Waals surface area contributed by atoms with Crippen molar-refractivity contribution < 1.29 is 4.79 Å². The smallest absolute Gasteiger partial charge is 0.208 e. The highest BCUT2D eigenvalue weighted by atomic mass is 16.1. The highest BCUT2D eigenvalue weighted by Gasteiger charge is 2.09. The van der Waals surface area contributed by atoms with E-state index in [1.807, 2.05) is 13.8 Å². The van der Waals surface area contributed by atoms with Crippen molar-refractivity contribution >= 4 is 6.41 Å². The Morgan fingerprint density at radius 2 is 2.43 bits per heavy atom. The quantitative estimate of drug-likeness (QED) is 0.444. The minimum Gasteiger partial charge on any atom is -0.348 e. The zero-order chi connectivity index (χ0) is 10.4. The summed E-state index contributed by atoms with van der Waals surface area (Å²) in [5, 5.41) is 5.94. The number of H-pyrrole nitrogens is 1. The molecule has 0 aromatic carbocycles. The van der Waals surface area contributed by atoms with E-state index in [1.165, 1.54) is 0 Å². The lowest BCUT2D eigenvalue weighted by atomic mass is 10.2. The van der Waals surface area contributed by atoms with Crippen molar-refractivity contribution in [1.82, 2.24) is 20.6 Å². The number of carbonyl (C=O) groups excluding carboxylic acids is 1. The van der Waals surface area contributed by atoms with Gasteiger partial charge in [-0.2, -0.15) is 0 Å². The molecule has 0 saturated heterocycles. The van der Waals surface area contributed by atoms with Crippen LogP contribution < -0.4 is 10.6 Å². The lowest BCUT2D eigenvalue weighted by molar-refractivity contribution is -0.110. The van der Waals surface area contributed by atoms with Crippen LogP contribution in [0.5, 0.6) is 0 Å².